The van der Waals surface area contributed by atoms with E-state index in [1.165, 1.54) is 20.8 Å². The minimum atomic E-state index is -4.77. The van der Waals surface area contributed by atoms with Gasteiger partial charge in [0.2, 0.25) is 5.78 Å². The van der Waals surface area contributed by atoms with Crippen molar-refractivity contribution in [3.05, 3.63) is 35.9 Å². The second kappa shape index (κ2) is 9.76. The average molecular weight is 416 g/mol. The number of nitrogens with one attached hydrogen (secondary N) is 2. The molecule has 0 aromatic heterocycles. The van der Waals surface area contributed by atoms with Crippen molar-refractivity contribution in [2.24, 2.45) is 5.92 Å². The van der Waals surface area contributed by atoms with E-state index in [-0.39, 0.29) is 5.92 Å². The number of rotatable bonds is 7. The van der Waals surface area contributed by atoms with Gasteiger partial charge in [0, 0.05) is 0 Å². The van der Waals surface area contributed by atoms with Crippen LogP contribution in [0.4, 0.5) is 18.0 Å². The van der Waals surface area contributed by atoms with Gasteiger partial charge < -0.3 is 15.4 Å². The lowest BCUT2D eigenvalue weighted by Gasteiger charge is -2.25. The van der Waals surface area contributed by atoms with Gasteiger partial charge in [0.1, 0.15) is 11.6 Å². The van der Waals surface area contributed by atoms with Crippen molar-refractivity contribution >= 4 is 17.8 Å². The number of hydrogen-bond donors (Lipinski definition) is 2. The molecule has 1 aromatic rings. The number of halogens is 3. The summed E-state index contributed by atoms with van der Waals surface area (Å²) in [5.74, 6) is -2.73. The third-order valence-electron chi connectivity index (χ3n) is 3.78. The summed E-state index contributed by atoms with van der Waals surface area (Å²) in [5, 5.41) is 4.33. The molecular weight excluding hydrogens is 389 g/mol. The van der Waals surface area contributed by atoms with E-state index in [1.54, 1.807) is 44.2 Å². The van der Waals surface area contributed by atoms with E-state index in [9.17, 15) is 27.6 Å². The Balaban J connectivity index is 2.98. The van der Waals surface area contributed by atoms with Gasteiger partial charge in [-0.05, 0) is 32.3 Å². The Morgan fingerprint density at radius 1 is 1.00 bits per heavy atom. The summed E-state index contributed by atoms with van der Waals surface area (Å²) in [7, 11) is 0. The highest BCUT2D eigenvalue weighted by molar-refractivity contribution is 6.38. The molecule has 0 aliphatic heterocycles. The first kappa shape index (κ1) is 24.5. The van der Waals surface area contributed by atoms with Crippen molar-refractivity contribution in [3.8, 4) is 0 Å². The monoisotopic (exact) mass is 416 g/mol. The molecular formula is C20H27F3N2O4. The molecule has 29 heavy (non-hydrogen) atoms. The number of alkyl halides is 3. The van der Waals surface area contributed by atoms with Gasteiger partial charge >= 0.3 is 12.3 Å². The van der Waals surface area contributed by atoms with Crippen LogP contribution in [-0.4, -0.2) is 35.6 Å². The molecule has 9 heteroatoms. The molecule has 0 spiro atoms. The van der Waals surface area contributed by atoms with Crippen LogP contribution in [0.5, 0.6) is 0 Å². The molecule has 0 aliphatic rings. The van der Waals surface area contributed by atoms with E-state index in [4.69, 9.17) is 4.74 Å². The van der Waals surface area contributed by atoms with Crippen LogP contribution in [0.15, 0.2) is 30.3 Å². The second-order valence-corrected chi connectivity index (χ2v) is 7.99. The van der Waals surface area contributed by atoms with Crippen molar-refractivity contribution in [2.45, 2.75) is 64.9 Å². The lowest BCUT2D eigenvalue weighted by Crippen LogP contribution is -2.51. The molecule has 0 heterocycles. The quantitative estimate of drug-likeness (QED) is 0.660. The smallest absolute Gasteiger partial charge is 0.408 e. The SMILES string of the molecule is CC(C)[C@H](NC(=O)C(=O)C(CC(F)(F)F)NC(=O)OC(C)(C)C)c1ccccc1. The third kappa shape index (κ3) is 8.97. The average Bonchev–Trinajstić information content (AvgIpc) is 2.55. The van der Waals surface area contributed by atoms with Gasteiger partial charge in [-0.25, -0.2) is 4.79 Å². The molecule has 2 atom stereocenters. The van der Waals surface area contributed by atoms with Gasteiger partial charge in [0.15, 0.2) is 0 Å². The molecule has 1 aromatic carbocycles. The summed E-state index contributed by atoms with van der Waals surface area (Å²) in [6, 6.07) is 6.07. The maximum Gasteiger partial charge on any atom is 0.408 e. The summed E-state index contributed by atoms with van der Waals surface area (Å²) < 4.78 is 43.6. The zero-order valence-electron chi connectivity index (χ0n) is 17.1. The Morgan fingerprint density at radius 2 is 1.55 bits per heavy atom. The third-order valence-corrected chi connectivity index (χ3v) is 3.78. The van der Waals surface area contributed by atoms with Gasteiger partial charge in [-0.2, -0.15) is 13.2 Å². The molecule has 1 rings (SSSR count). The molecule has 2 N–H and O–H groups in total. The molecule has 162 valence electrons. The van der Waals surface area contributed by atoms with E-state index >= 15 is 0 Å². The summed E-state index contributed by atoms with van der Waals surface area (Å²) in [6.07, 6.45) is -7.67. The standard InChI is InChI=1S/C20H27F3N2O4/c1-12(2)15(13-9-7-6-8-10-13)25-17(27)16(26)14(11-20(21,22)23)24-18(28)29-19(3,4)5/h6-10,12,14-15H,11H2,1-5H3,(H,24,28)(H,25,27)/t14?,15-/m0/s1. The van der Waals surface area contributed by atoms with Crippen molar-refractivity contribution in [3.63, 3.8) is 0 Å². The lowest BCUT2D eigenvalue weighted by atomic mass is 9.95. The summed E-state index contributed by atoms with van der Waals surface area (Å²) in [6.45, 7) is 8.16. The van der Waals surface area contributed by atoms with E-state index in [2.05, 4.69) is 5.32 Å². The van der Waals surface area contributed by atoms with Crippen LogP contribution in [0.25, 0.3) is 0 Å². The van der Waals surface area contributed by atoms with Crippen LogP contribution in [0.3, 0.4) is 0 Å². The first-order valence-electron chi connectivity index (χ1n) is 9.15. The number of carbonyl (C=O) groups excluding carboxylic acids is 3. The molecule has 6 nitrogen and oxygen atoms in total. The Labute approximate surface area is 168 Å². The fourth-order valence-corrected chi connectivity index (χ4v) is 2.56. The highest BCUT2D eigenvalue weighted by Crippen LogP contribution is 2.24. The van der Waals surface area contributed by atoms with Crippen molar-refractivity contribution < 1.29 is 32.3 Å². The van der Waals surface area contributed by atoms with Crippen LogP contribution in [0.2, 0.25) is 0 Å². The van der Waals surface area contributed by atoms with E-state index < -0.39 is 48.1 Å². The van der Waals surface area contributed by atoms with Crippen LogP contribution in [0, 0.1) is 5.92 Å². The highest BCUT2D eigenvalue weighted by Gasteiger charge is 2.39. The zero-order chi connectivity index (χ0) is 22.4. The van der Waals surface area contributed by atoms with Crippen LogP contribution >= 0.6 is 0 Å². The lowest BCUT2D eigenvalue weighted by molar-refractivity contribution is -0.152. The summed E-state index contributed by atoms with van der Waals surface area (Å²) >= 11 is 0. The van der Waals surface area contributed by atoms with Gasteiger partial charge in [-0.3, -0.25) is 9.59 Å². The maximum atomic E-state index is 12.9. The first-order chi connectivity index (χ1) is 13.2. The Bertz CT molecular complexity index is 713. The minimum absolute atomic E-state index is 0.131. The number of amides is 2. The fraction of sp³-hybridized carbons (Fsp3) is 0.550. The number of ether oxygens (including phenoxy) is 1. The first-order valence-corrected chi connectivity index (χ1v) is 9.15. The fourth-order valence-electron chi connectivity index (χ4n) is 2.56. The normalized spacial score (nSPS) is 14.1. The Morgan fingerprint density at radius 3 is 2.00 bits per heavy atom. The number of hydrogen-bond acceptors (Lipinski definition) is 4. The predicted octanol–water partition coefficient (Wildman–Crippen LogP) is 3.91. The molecule has 0 fully saturated rings. The second-order valence-electron chi connectivity index (χ2n) is 7.99. The van der Waals surface area contributed by atoms with Crippen molar-refractivity contribution in [1.29, 1.82) is 0 Å². The van der Waals surface area contributed by atoms with Gasteiger partial charge in [0.05, 0.1) is 12.5 Å². The molecule has 0 aliphatic carbocycles. The van der Waals surface area contributed by atoms with Gasteiger partial charge in [0.25, 0.3) is 5.91 Å². The molecule has 0 saturated carbocycles. The number of carbonyl (C=O) groups is 3. The molecule has 0 radical (unpaired) electrons. The molecule has 2 amide bonds. The molecule has 1 unspecified atom stereocenters. The van der Waals surface area contributed by atoms with Crippen LogP contribution in [0.1, 0.15) is 52.6 Å². The van der Waals surface area contributed by atoms with E-state index in [0.29, 0.717) is 5.56 Å². The summed E-state index contributed by atoms with van der Waals surface area (Å²) in [5.41, 5.74) is -0.273. The summed E-state index contributed by atoms with van der Waals surface area (Å²) in [4.78, 5) is 36.7. The maximum absolute atomic E-state index is 12.9. The number of alkyl carbamates (subject to hydrolysis) is 1. The number of Topliss-reactive ketones (excluding diaryl/α,β-unsaturated/α-hetero) is 1. The molecule has 0 saturated heterocycles. The van der Waals surface area contributed by atoms with Gasteiger partial charge in [-0.1, -0.05) is 44.2 Å². The topological polar surface area (TPSA) is 84.5 Å². The van der Waals surface area contributed by atoms with Crippen LogP contribution in [-0.2, 0) is 14.3 Å². The van der Waals surface area contributed by atoms with E-state index in [1.807, 2.05) is 5.32 Å². The Kier molecular flexibility index (Phi) is 8.23. The van der Waals surface area contributed by atoms with Crippen molar-refractivity contribution in [1.82, 2.24) is 10.6 Å². The molecule has 0 bridgehead atoms. The van der Waals surface area contributed by atoms with Crippen LogP contribution < -0.4 is 10.6 Å². The number of benzene rings is 1. The minimum Gasteiger partial charge on any atom is -0.444 e. The van der Waals surface area contributed by atoms with Crippen molar-refractivity contribution in [2.75, 3.05) is 0 Å². The highest BCUT2D eigenvalue weighted by atomic mass is 19.4. The largest absolute Gasteiger partial charge is 0.444 e. The van der Waals surface area contributed by atoms with Gasteiger partial charge in [-0.15, -0.1) is 0 Å². The predicted molar refractivity (Wildman–Crippen MR) is 101 cm³/mol. The van der Waals surface area contributed by atoms with E-state index in [0.717, 1.165) is 0 Å². The Hall–Kier alpha value is -2.58. The zero-order valence-corrected chi connectivity index (χ0v) is 17.1. The number of ketones is 1.